The molecule has 0 atom stereocenters. The summed E-state index contributed by atoms with van der Waals surface area (Å²) in [6.45, 7) is 5.61. The number of carbonyl (C=O) groups excluding carboxylic acids is 3. The average molecular weight is 539 g/mol. The lowest BCUT2D eigenvalue weighted by atomic mass is 9.93. The Balaban J connectivity index is 1.77. The van der Waals surface area contributed by atoms with Crippen LogP contribution in [0.4, 0.5) is 0 Å². The zero-order chi connectivity index (χ0) is 28.6. The van der Waals surface area contributed by atoms with Gasteiger partial charge in [0.25, 0.3) is 11.8 Å². The van der Waals surface area contributed by atoms with E-state index in [1.807, 2.05) is 73.8 Å². The summed E-state index contributed by atoms with van der Waals surface area (Å²) in [6, 6.07) is 19.1. The van der Waals surface area contributed by atoms with E-state index in [9.17, 15) is 19.6 Å². The van der Waals surface area contributed by atoms with Crippen LogP contribution in [0.15, 0.2) is 77.5 Å². The first-order valence-corrected chi connectivity index (χ1v) is 13.0. The lowest BCUT2D eigenvalue weighted by molar-refractivity contribution is -0.141. The van der Waals surface area contributed by atoms with Gasteiger partial charge in [-0.2, -0.15) is 10.4 Å². The zero-order valence-corrected chi connectivity index (χ0v) is 22.7. The predicted octanol–water partition coefficient (Wildman–Crippen LogP) is 4.87. The van der Waals surface area contributed by atoms with Crippen LogP contribution in [0.5, 0.6) is 5.75 Å². The van der Waals surface area contributed by atoms with Crippen LogP contribution >= 0.6 is 0 Å². The fraction of sp³-hybridized carbons (Fsp3) is 0.258. The van der Waals surface area contributed by atoms with Crippen LogP contribution in [0, 0.1) is 11.3 Å². The number of hydrogen-bond donors (Lipinski definition) is 0. The number of rotatable bonds is 10. The van der Waals surface area contributed by atoms with E-state index in [1.165, 1.54) is 6.92 Å². The highest BCUT2D eigenvalue weighted by Crippen LogP contribution is 2.32. The third-order valence-corrected chi connectivity index (χ3v) is 6.32. The number of benzene rings is 2. The Morgan fingerprint density at radius 3 is 2.42 bits per heavy atom. The summed E-state index contributed by atoms with van der Waals surface area (Å²) in [4.78, 5) is 38.6. The Labute approximate surface area is 232 Å². The highest BCUT2D eigenvalue weighted by Gasteiger charge is 2.35. The Morgan fingerprint density at radius 2 is 1.77 bits per heavy atom. The molecule has 0 radical (unpaired) electrons. The molecule has 0 spiro atoms. The van der Waals surface area contributed by atoms with Crippen molar-refractivity contribution in [1.29, 1.82) is 5.26 Å². The van der Waals surface area contributed by atoms with Crippen molar-refractivity contribution in [2.75, 3.05) is 19.8 Å². The Kier molecular flexibility index (Phi) is 8.92. The van der Waals surface area contributed by atoms with Crippen LogP contribution < -0.4 is 4.74 Å². The highest BCUT2D eigenvalue weighted by atomic mass is 16.5. The van der Waals surface area contributed by atoms with E-state index < -0.39 is 17.8 Å². The number of para-hydroxylation sites is 1. The molecule has 3 aromatic rings. The largest absolute Gasteiger partial charge is 0.494 e. The molecule has 4 rings (SSSR count). The quantitative estimate of drug-likeness (QED) is 0.156. The van der Waals surface area contributed by atoms with E-state index in [4.69, 9.17) is 14.6 Å². The molecular formula is C31H30N4O5. The molecule has 0 bridgehead atoms. The number of nitriles is 1. The molecule has 0 saturated heterocycles. The van der Waals surface area contributed by atoms with Crippen molar-refractivity contribution in [3.63, 3.8) is 0 Å². The first-order chi connectivity index (χ1) is 19.3. The first-order valence-electron chi connectivity index (χ1n) is 13.0. The predicted molar refractivity (Wildman–Crippen MR) is 149 cm³/mol. The fourth-order valence-corrected chi connectivity index (χ4v) is 4.29. The van der Waals surface area contributed by atoms with Crippen molar-refractivity contribution in [3.05, 3.63) is 83.1 Å². The Bertz CT molecular complexity index is 1510. The molecule has 9 nitrogen and oxygen atoms in total. The Hall–Kier alpha value is -4.97. The third kappa shape index (κ3) is 6.18. The standard InChI is InChI=1S/C31H30N4O5/c1-4-16-40-26-13-11-23(12-14-26)29-24(20-35(33-29)25-9-6-5-7-10-25)18-27-21(2)28(19-32)31(38)34(30(27)37)15-8-17-39-22(3)36/h5-7,9-14,18,20H,4,8,15-17H2,1-3H3/b27-18+. The van der Waals surface area contributed by atoms with Crippen molar-refractivity contribution in [3.8, 4) is 28.8 Å². The van der Waals surface area contributed by atoms with Gasteiger partial charge in [-0.1, -0.05) is 25.1 Å². The van der Waals surface area contributed by atoms with Gasteiger partial charge >= 0.3 is 5.97 Å². The van der Waals surface area contributed by atoms with E-state index in [2.05, 4.69) is 0 Å². The molecule has 204 valence electrons. The molecular weight excluding hydrogens is 508 g/mol. The maximum Gasteiger partial charge on any atom is 0.302 e. The average Bonchev–Trinajstić information content (AvgIpc) is 3.38. The van der Waals surface area contributed by atoms with Crippen LogP contribution in [0.1, 0.15) is 39.2 Å². The van der Waals surface area contributed by atoms with E-state index in [1.54, 1.807) is 17.7 Å². The first kappa shape index (κ1) is 28.0. The van der Waals surface area contributed by atoms with E-state index in [-0.39, 0.29) is 30.7 Å². The molecule has 1 aromatic heterocycles. The summed E-state index contributed by atoms with van der Waals surface area (Å²) in [5.74, 6) is -0.882. The summed E-state index contributed by atoms with van der Waals surface area (Å²) in [5, 5.41) is 14.6. The molecule has 0 unspecified atom stereocenters. The third-order valence-electron chi connectivity index (χ3n) is 6.32. The molecule has 0 aliphatic carbocycles. The number of hydrogen-bond acceptors (Lipinski definition) is 7. The summed E-state index contributed by atoms with van der Waals surface area (Å²) in [6.07, 6.45) is 4.64. The molecule has 2 aromatic carbocycles. The number of amides is 2. The molecule has 1 aliphatic rings. The lowest BCUT2D eigenvalue weighted by Gasteiger charge is -2.27. The number of ether oxygens (including phenoxy) is 2. The SMILES string of the molecule is CCCOc1ccc(-c2nn(-c3ccccc3)cc2/C=C2/C(=O)N(CCCOC(C)=O)C(=O)C(C#N)=C2C)cc1. The molecule has 40 heavy (non-hydrogen) atoms. The van der Waals surface area contributed by atoms with Gasteiger partial charge in [0, 0.05) is 36.4 Å². The molecule has 2 amide bonds. The van der Waals surface area contributed by atoms with Crippen LogP contribution in [-0.2, 0) is 19.1 Å². The fourth-order valence-electron chi connectivity index (χ4n) is 4.29. The summed E-state index contributed by atoms with van der Waals surface area (Å²) >= 11 is 0. The summed E-state index contributed by atoms with van der Waals surface area (Å²) in [5.41, 5.74) is 3.32. The van der Waals surface area contributed by atoms with Gasteiger partial charge in [0.2, 0.25) is 0 Å². The normalized spacial score (nSPS) is 14.4. The van der Waals surface area contributed by atoms with Crippen molar-refractivity contribution < 1.29 is 23.9 Å². The number of nitrogens with zero attached hydrogens (tertiary/aromatic N) is 4. The number of esters is 1. The second kappa shape index (κ2) is 12.7. The van der Waals surface area contributed by atoms with Gasteiger partial charge in [-0.15, -0.1) is 0 Å². The van der Waals surface area contributed by atoms with Gasteiger partial charge in [-0.05, 0) is 67.8 Å². The van der Waals surface area contributed by atoms with Crippen molar-refractivity contribution in [1.82, 2.24) is 14.7 Å². The minimum atomic E-state index is -0.659. The molecule has 0 fully saturated rings. The number of aromatic nitrogens is 2. The smallest absolute Gasteiger partial charge is 0.302 e. The Morgan fingerprint density at radius 1 is 1.05 bits per heavy atom. The van der Waals surface area contributed by atoms with Crippen LogP contribution in [-0.4, -0.2) is 52.2 Å². The molecule has 2 heterocycles. The minimum absolute atomic E-state index is 0.0100. The lowest BCUT2D eigenvalue weighted by Crippen LogP contribution is -2.43. The number of carbonyl (C=O) groups is 3. The molecule has 1 aliphatic heterocycles. The number of imide groups is 1. The van der Waals surface area contributed by atoms with Crippen LogP contribution in [0.2, 0.25) is 0 Å². The van der Waals surface area contributed by atoms with E-state index >= 15 is 0 Å². The van der Waals surface area contributed by atoms with Gasteiger partial charge in [-0.3, -0.25) is 19.3 Å². The second-order valence-electron chi connectivity index (χ2n) is 9.21. The molecule has 9 heteroatoms. The molecule has 0 saturated carbocycles. The van der Waals surface area contributed by atoms with E-state index in [0.717, 1.165) is 28.3 Å². The zero-order valence-electron chi connectivity index (χ0n) is 22.7. The van der Waals surface area contributed by atoms with Crippen molar-refractivity contribution >= 4 is 23.9 Å². The maximum atomic E-state index is 13.6. The van der Waals surface area contributed by atoms with Crippen LogP contribution in [0.3, 0.4) is 0 Å². The van der Waals surface area contributed by atoms with Gasteiger partial charge in [0.15, 0.2) is 0 Å². The summed E-state index contributed by atoms with van der Waals surface area (Å²) < 4.78 is 12.4. The van der Waals surface area contributed by atoms with Crippen molar-refractivity contribution in [2.24, 2.45) is 0 Å². The van der Waals surface area contributed by atoms with Gasteiger partial charge in [-0.25, -0.2) is 4.68 Å². The van der Waals surface area contributed by atoms with Gasteiger partial charge in [0.1, 0.15) is 17.4 Å². The van der Waals surface area contributed by atoms with E-state index in [0.29, 0.717) is 23.4 Å². The summed E-state index contributed by atoms with van der Waals surface area (Å²) in [7, 11) is 0. The van der Waals surface area contributed by atoms with Gasteiger partial charge in [0.05, 0.1) is 24.6 Å². The molecule has 0 N–H and O–H groups in total. The topological polar surface area (TPSA) is 115 Å². The van der Waals surface area contributed by atoms with Crippen molar-refractivity contribution in [2.45, 2.75) is 33.6 Å². The van der Waals surface area contributed by atoms with Gasteiger partial charge < -0.3 is 9.47 Å². The second-order valence-corrected chi connectivity index (χ2v) is 9.21. The minimum Gasteiger partial charge on any atom is -0.494 e. The highest BCUT2D eigenvalue weighted by molar-refractivity contribution is 6.19. The maximum absolute atomic E-state index is 13.6. The monoisotopic (exact) mass is 538 g/mol. The van der Waals surface area contributed by atoms with Crippen LogP contribution in [0.25, 0.3) is 23.0 Å².